The van der Waals surface area contributed by atoms with E-state index in [4.69, 9.17) is 0 Å². The minimum Gasteiger partial charge on any atom is -0.396 e. The molecule has 1 aromatic heterocycles. The molecule has 18 heavy (non-hydrogen) atoms. The second-order valence-electron chi connectivity index (χ2n) is 4.82. The quantitative estimate of drug-likeness (QED) is 0.835. The van der Waals surface area contributed by atoms with E-state index in [1.54, 1.807) is 0 Å². The SMILES string of the molecule is O=C(NCC1CCCCC1CO)c1cncnc1. The van der Waals surface area contributed by atoms with Crippen molar-refractivity contribution in [2.45, 2.75) is 25.7 Å². The summed E-state index contributed by atoms with van der Waals surface area (Å²) in [6.45, 7) is 0.841. The average Bonchev–Trinajstić information content (AvgIpc) is 2.46. The lowest BCUT2D eigenvalue weighted by Gasteiger charge is -2.30. The number of hydrogen-bond donors (Lipinski definition) is 2. The second kappa shape index (κ2) is 6.44. The first kappa shape index (κ1) is 13.0. The largest absolute Gasteiger partial charge is 0.396 e. The summed E-state index contributed by atoms with van der Waals surface area (Å²) >= 11 is 0. The maximum Gasteiger partial charge on any atom is 0.254 e. The topological polar surface area (TPSA) is 75.1 Å². The summed E-state index contributed by atoms with van der Waals surface area (Å²) in [7, 11) is 0. The Morgan fingerprint density at radius 3 is 2.61 bits per heavy atom. The Balaban J connectivity index is 1.85. The third kappa shape index (κ3) is 3.26. The van der Waals surface area contributed by atoms with E-state index in [-0.39, 0.29) is 12.5 Å². The number of nitrogens with zero attached hydrogens (tertiary/aromatic N) is 2. The van der Waals surface area contributed by atoms with E-state index in [0.29, 0.717) is 23.9 Å². The van der Waals surface area contributed by atoms with Crippen molar-refractivity contribution < 1.29 is 9.90 Å². The summed E-state index contributed by atoms with van der Waals surface area (Å²) in [5.74, 6) is 0.571. The molecule has 1 saturated carbocycles. The first-order chi connectivity index (χ1) is 8.81. The maximum absolute atomic E-state index is 11.8. The molecular formula is C13H19N3O2. The first-order valence-corrected chi connectivity index (χ1v) is 6.45. The predicted molar refractivity (Wildman–Crippen MR) is 66.9 cm³/mol. The number of hydrogen-bond acceptors (Lipinski definition) is 4. The molecule has 5 nitrogen and oxygen atoms in total. The number of carbonyl (C=O) groups is 1. The fourth-order valence-electron chi connectivity index (χ4n) is 2.54. The van der Waals surface area contributed by atoms with E-state index in [0.717, 1.165) is 12.8 Å². The Kier molecular flexibility index (Phi) is 4.64. The molecule has 2 rings (SSSR count). The molecule has 1 aliphatic rings. The van der Waals surface area contributed by atoms with Crippen LogP contribution in [0.3, 0.4) is 0 Å². The molecule has 0 saturated heterocycles. The average molecular weight is 249 g/mol. The summed E-state index contributed by atoms with van der Waals surface area (Å²) in [5, 5.41) is 12.2. The van der Waals surface area contributed by atoms with Crippen molar-refractivity contribution in [3.8, 4) is 0 Å². The van der Waals surface area contributed by atoms with Gasteiger partial charge in [0.1, 0.15) is 6.33 Å². The van der Waals surface area contributed by atoms with Crippen LogP contribution in [0, 0.1) is 11.8 Å². The number of nitrogens with one attached hydrogen (secondary N) is 1. The van der Waals surface area contributed by atoms with Crippen LogP contribution in [0.1, 0.15) is 36.0 Å². The molecule has 2 atom stereocenters. The van der Waals surface area contributed by atoms with E-state index < -0.39 is 0 Å². The van der Waals surface area contributed by atoms with Gasteiger partial charge in [0.15, 0.2) is 0 Å². The molecule has 0 bridgehead atoms. The zero-order chi connectivity index (χ0) is 12.8. The summed E-state index contributed by atoms with van der Waals surface area (Å²) in [6.07, 6.45) is 8.93. The molecule has 1 aliphatic carbocycles. The van der Waals surface area contributed by atoms with Gasteiger partial charge in [0, 0.05) is 25.5 Å². The molecule has 0 aliphatic heterocycles. The molecule has 1 heterocycles. The number of amides is 1. The van der Waals surface area contributed by atoms with E-state index in [2.05, 4.69) is 15.3 Å². The molecule has 1 fully saturated rings. The van der Waals surface area contributed by atoms with Gasteiger partial charge in [0.05, 0.1) is 5.56 Å². The lowest BCUT2D eigenvalue weighted by Crippen LogP contribution is -2.35. The van der Waals surface area contributed by atoms with Gasteiger partial charge in [-0.05, 0) is 24.7 Å². The molecule has 5 heteroatoms. The molecule has 0 aromatic carbocycles. The minimum absolute atomic E-state index is 0.141. The van der Waals surface area contributed by atoms with Crippen LogP contribution in [0.2, 0.25) is 0 Å². The Bertz CT molecular complexity index is 383. The van der Waals surface area contributed by atoms with Crippen LogP contribution >= 0.6 is 0 Å². The summed E-state index contributed by atoms with van der Waals surface area (Å²) in [6, 6.07) is 0. The standard InChI is InChI=1S/C13H19N3O2/c17-8-11-4-2-1-3-10(11)7-16-13(18)12-5-14-9-15-6-12/h5-6,9-11,17H,1-4,7-8H2,(H,16,18). The minimum atomic E-state index is -0.141. The van der Waals surface area contributed by atoms with Gasteiger partial charge in [-0.2, -0.15) is 0 Å². The van der Waals surface area contributed by atoms with Crippen LogP contribution in [0.5, 0.6) is 0 Å². The van der Waals surface area contributed by atoms with E-state index >= 15 is 0 Å². The summed E-state index contributed by atoms with van der Waals surface area (Å²) < 4.78 is 0. The highest BCUT2D eigenvalue weighted by Gasteiger charge is 2.24. The lowest BCUT2D eigenvalue weighted by molar-refractivity contribution is 0.0908. The number of carbonyl (C=O) groups excluding carboxylic acids is 1. The van der Waals surface area contributed by atoms with Crippen LogP contribution in [0.25, 0.3) is 0 Å². The third-order valence-electron chi connectivity index (χ3n) is 3.65. The van der Waals surface area contributed by atoms with Gasteiger partial charge >= 0.3 is 0 Å². The van der Waals surface area contributed by atoms with Gasteiger partial charge in [-0.15, -0.1) is 0 Å². The van der Waals surface area contributed by atoms with Crippen molar-refractivity contribution in [1.82, 2.24) is 15.3 Å². The van der Waals surface area contributed by atoms with Crippen molar-refractivity contribution in [2.75, 3.05) is 13.2 Å². The van der Waals surface area contributed by atoms with Crippen molar-refractivity contribution in [1.29, 1.82) is 0 Å². The van der Waals surface area contributed by atoms with Crippen molar-refractivity contribution in [2.24, 2.45) is 11.8 Å². The summed E-state index contributed by atoms with van der Waals surface area (Å²) in [5.41, 5.74) is 0.480. The highest BCUT2D eigenvalue weighted by Crippen LogP contribution is 2.29. The van der Waals surface area contributed by atoms with Crippen LogP contribution in [0.4, 0.5) is 0 Å². The normalized spacial score (nSPS) is 23.6. The van der Waals surface area contributed by atoms with E-state index in [1.165, 1.54) is 31.6 Å². The smallest absolute Gasteiger partial charge is 0.254 e. The van der Waals surface area contributed by atoms with Crippen molar-refractivity contribution >= 4 is 5.91 Å². The number of rotatable bonds is 4. The van der Waals surface area contributed by atoms with Gasteiger partial charge in [-0.3, -0.25) is 4.79 Å². The number of aliphatic hydroxyl groups is 1. The molecular weight excluding hydrogens is 230 g/mol. The highest BCUT2D eigenvalue weighted by molar-refractivity contribution is 5.93. The number of aliphatic hydroxyl groups excluding tert-OH is 1. The van der Waals surface area contributed by atoms with Crippen LogP contribution in [0.15, 0.2) is 18.7 Å². The van der Waals surface area contributed by atoms with E-state index in [1.807, 2.05) is 0 Å². The van der Waals surface area contributed by atoms with Crippen LogP contribution in [-0.4, -0.2) is 34.1 Å². The highest BCUT2D eigenvalue weighted by atomic mass is 16.3. The van der Waals surface area contributed by atoms with Crippen LogP contribution in [-0.2, 0) is 0 Å². The zero-order valence-corrected chi connectivity index (χ0v) is 10.4. The fraction of sp³-hybridized carbons (Fsp3) is 0.615. The van der Waals surface area contributed by atoms with Gasteiger partial charge in [-0.25, -0.2) is 9.97 Å². The molecule has 1 amide bonds. The first-order valence-electron chi connectivity index (χ1n) is 6.45. The molecule has 2 N–H and O–H groups in total. The Hall–Kier alpha value is -1.49. The molecule has 2 unspecified atom stereocenters. The van der Waals surface area contributed by atoms with Crippen molar-refractivity contribution in [3.05, 3.63) is 24.3 Å². The zero-order valence-electron chi connectivity index (χ0n) is 10.4. The Morgan fingerprint density at radius 1 is 1.28 bits per heavy atom. The maximum atomic E-state index is 11.8. The van der Waals surface area contributed by atoms with Gasteiger partial charge in [0.25, 0.3) is 5.91 Å². The molecule has 98 valence electrons. The summed E-state index contributed by atoms with van der Waals surface area (Å²) in [4.78, 5) is 19.5. The third-order valence-corrected chi connectivity index (χ3v) is 3.65. The fourth-order valence-corrected chi connectivity index (χ4v) is 2.54. The predicted octanol–water partition coefficient (Wildman–Crippen LogP) is 1.01. The van der Waals surface area contributed by atoms with Gasteiger partial charge in [-0.1, -0.05) is 12.8 Å². The van der Waals surface area contributed by atoms with Crippen molar-refractivity contribution in [3.63, 3.8) is 0 Å². The lowest BCUT2D eigenvalue weighted by atomic mass is 9.79. The van der Waals surface area contributed by atoms with E-state index in [9.17, 15) is 9.90 Å². The molecule has 0 radical (unpaired) electrons. The van der Waals surface area contributed by atoms with Crippen LogP contribution < -0.4 is 5.32 Å². The molecule has 1 aromatic rings. The van der Waals surface area contributed by atoms with Gasteiger partial charge in [0.2, 0.25) is 0 Å². The monoisotopic (exact) mass is 249 g/mol. The Morgan fingerprint density at radius 2 is 1.94 bits per heavy atom. The Labute approximate surface area is 107 Å². The number of aromatic nitrogens is 2. The second-order valence-corrected chi connectivity index (χ2v) is 4.82. The van der Waals surface area contributed by atoms with Gasteiger partial charge < -0.3 is 10.4 Å². The molecule has 0 spiro atoms.